The van der Waals surface area contributed by atoms with Crippen molar-refractivity contribution in [1.82, 2.24) is 19.7 Å². The van der Waals surface area contributed by atoms with Gasteiger partial charge in [0.25, 0.3) is 0 Å². The molecule has 1 aliphatic heterocycles. The fourth-order valence-corrected chi connectivity index (χ4v) is 2.45. The molecule has 2 heterocycles. The highest BCUT2D eigenvalue weighted by Gasteiger charge is 2.20. The number of nitrogens with two attached hydrogens (primary N) is 1. The van der Waals surface area contributed by atoms with Gasteiger partial charge in [-0.1, -0.05) is 6.42 Å². The Morgan fingerprint density at radius 3 is 3.00 bits per heavy atom. The number of likely N-dealkylation sites (tertiary alicyclic amines) is 1. The molecule has 0 aromatic carbocycles. The molecule has 0 radical (unpaired) electrons. The van der Waals surface area contributed by atoms with Gasteiger partial charge in [0.2, 0.25) is 0 Å². The minimum absolute atomic E-state index is 0.683. The molecule has 0 bridgehead atoms. The lowest BCUT2D eigenvalue weighted by atomic mass is 9.99. The molecule has 1 atom stereocenters. The predicted octanol–water partition coefficient (Wildman–Crippen LogP) is 0.481. The predicted molar refractivity (Wildman–Crippen MR) is 62.9 cm³/mol. The van der Waals surface area contributed by atoms with E-state index in [0.29, 0.717) is 6.04 Å². The van der Waals surface area contributed by atoms with Gasteiger partial charge in [-0.3, -0.25) is 9.58 Å². The minimum Gasteiger partial charge on any atom is -0.330 e. The van der Waals surface area contributed by atoms with Crippen LogP contribution in [0.1, 0.15) is 25.7 Å². The number of hydrogen-bond donors (Lipinski definition) is 1. The Bertz CT molecular complexity index is 283. The van der Waals surface area contributed by atoms with E-state index in [1.165, 1.54) is 25.8 Å². The average molecular weight is 223 g/mol. The Morgan fingerprint density at radius 2 is 2.25 bits per heavy atom. The molecule has 0 aliphatic carbocycles. The van der Waals surface area contributed by atoms with Gasteiger partial charge in [0.1, 0.15) is 12.7 Å². The van der Waals surface area contributed by atoms with Crippen molar-refractivity contribution in [3.05, 3.63) is 12.7 Å². The smallest absolute Gasteiger partial charge is 0.137 e. The minimum atomic E-state index is 0.683. The van der Waals surface area contributed by atoms with Crippen molar-refractivity contribution >= 4 is 0 Å². The first-order valence-corrected chi connectivity index (χ1v) is 6.16. The maximum Gasteiger partial charge on any atom is 0.137 e. The highest BCUT2D eigenvalue weighted by atomic mass is 15.3. The fourth-order valence-electron chi connectivity index (χ4n) is 2.45. The van der Waals surface area contributed by atoms with Crippen LogP contribution >= 0.6 is 0 Å². The summed E-state index contributed by atoms with van der Waals surface area (Å²) in [7, 11) is 0. The van der Waals surface area contributed by atoms with Crippen molar-refractivity contribution < 1.29 is 0 Å². The van der Waals surface area contributed by atoms with E-state index in [1.807, 2.05) is 4.68 Å². The number of piperidine rings is 1. The number of hydrogen-bond acceptors (Lipinski definition) is 4. The van der Waals surface area contributed by atoms with Crippen molar-refractivity contribution in [3.63, 3.8) is 0 Å². The van der Waals surface area contributed by atoms with Crippen LogP contribution in [0.5, 0.6) is 0 Å². The summed E-state index contributed by atoms with van der Waals surface area (Å²) in [6.45, 7) is 4.00. The fraction of sp³-hybridized carbons (Fsp3) is 0.818. The molecular formula is C11H21N5. The van der Waals surface area contributed by atoms with Gasteiger partial charge in [0.05, 0.1) is 6.54 Å². The first-order chi connectivity index (χ1) is 7.90. The molecule has 1 fully saturated rings. The van der Waals surface area contributed by atoms with Crippen molar-refractivity contribution in [3.8, 4) is 0 Å². The molecule has 5 heteroatoms. The van der Waals surface area contributed by atoms with Crippen LogP contribution < -0.4 is 5.73 Å². The molecule has 1 unspecified atom stereocenters. The molecule has 0 spiro atoms. The lowest BCUT2D eigenvalue weighted by molar-refractivity contribution is 0.135. The van der Waals surface area contributed by atoms with E-state index in [1.54, 1.807) is 12.7 Å². The molecule has 1 aromatic heterocycles. The summed E-state index contributed by atoms with van der Waals surface area (Å²) in [5, 5.41) is 4.13. The molecule has 90 valence electrons. The first kappa shape index (κ1) is 11.5. The Labute approximate surface area is 96.6 Å². The van der Waals surface area contributed by atoms with Crippen molar-refractivity contribution in [2.75, 3.05) is 19.6 Å². The molecule has 1 aliphatic rings. The molecule has 16 heavy (non-hydrogen) atoms. The van der Waals surface area contributed by atoms with E-state index >= 15 is 0 Å². The van der Waals surface area contributed by atoms with E-state index in [4.69, 9.17) is 5.73 Å². The van der Waals surface area contributed by atoms with E-state index in [-0.39, 0.29) is 0 Å². The van der Waals surface area contributed by atoms with E-state index in [9.17, 15) is 0 Å². The summed E-state index contributed by atoms with van der Waals surface area (Å²) in [5.41, 5.74) is 5.66. The third kappa shape index (κ3) is 3.02. The van der Waals surface area contributed by atoms with Gasteiger partial charge < -0.3 is 5.73 Å². The maximum absolute atomic E-state index is 5.66. The van der Waals surface area contributed by atoms with Gasteiger partial charge in [-0.25, -0.2) is 4.98 Å². The van der Waals surface area contributed by atoms with Gasteiger partial charge in [0, 0.05) is 12.6 Å². The average Bonchev–Trinajstić information content (AvgIpc) is 2.81. The van der Waals surface area contributed by atoms with E-state index < -0.39 is 0 Å². The van der Waals surface area contributed by atoms with Crippen molar-refractivity contribution in [2.24, 2.45) is 5.73 Å². The summed E-state index contributed by atoms with van der Waals surface area (Å²) < 4.78 is 1.90. The third-order valence-electron chi connectivity index (χ3n) is 3.33. The van der Waals surface area contributed by atoms with Gasteiger partial charge in [-0.15, -0.1) is 0 Å². The molecule has 0 amide bonds. The van der Waals surface area contributed by atoms with Gasteiger partial charge in [0.15, 0.2) is 0 Å². The lowest BCUT2D eigenvalue weighted by Crippen LogP contribution is -2.42. The van der Waals surface area contributed by atoms with Crippen LogP contribution in [0.3, 0.4) is 0 Å². The monoisotopic (exact) mass is 223 g/mol. The molecule has 1 saturated heterocycles. The summed E-state index contributed by atoms with van der Waals surface area (Å²) in [5.74, 6) is 0. The second kappa shape index (κ2) is 5.96. The maximum atomic E-state index is 5.66. The zero-order chi connectivity index (χ0) is 11.2. The van der Waals surface area contributed by atoms with Gasteiger partial charge >= 0.3 is 0 Å². The Kier molecular flexibility index (Phi) is 4.30. The van der Waals surface area contributed by atoms with Crippen LogP contribution in [-0.4, -0.2) is 45.3 Å². The van der Waals surface area contributed by atoms with Crippen molar-refractivity contribution in [1.29, 1.82) is 0 Å². The first-order valence-electron chi connectivity index (χ1n) is 6.16. The largest absolute Gasteiger partial charge is 0.330 e. The standard InChI is InChI=1S/C11H21N5/c12-5-4-11-3-1-2-6-15(11)7-8-16-10-13-9-14-16/h9-11H,1-8,12H2. The third-order valence-corrected chi connectivity index (χ3v) is 3.33. The normalized spacial score (nSPS) is 22.4. The second-order valence-electron chi connectivity index (χ2n) is 4.42. The van der Waals surface area contributed by atoms with Crippen LogP contribution in [0.2, 0.25) is 0 Å². The quantitative estimate of drug-likeness (QED) is 0.789. The molecular weight excluding hydrogens is 202 g/mol. The zero-order valence-corrected chi connectivity index (χ0v) is 9.76. The van der Waals surface area contributed by atoms with Gasteiger partial charge in [-0.05, 0) is 32.4 Å². The zero-order valence-electron chi connectivity index (χ0n) is 9.76. The van der Waals surface area contributed by atoms with Crippen LogP contribution in [0, 0.1) is 0 Å². The summed E-state index contributed by atoms with van der Waals surface area (Å²) in [6.07, 6.45) is 8.46. The number of rotatable bonds is 5. The van der Waals surface area contributed by atoms with Crippen LogP contribution in [-0.2, 0) is 6.54 Å². The molecule has 2 rings (SSSR count). The van der Waals surface area contributed by atoms with Crippen LogP contribution in [0.25, 0.3) is 0 Å². The molecule has 2 N–H and O–H groups in total. The second-order valence-corrected chi connectivity index (χ2v) is 4.42. The Morgan fingerprint density at radius 1 is 1.31 bits per heavy atom. The molecule has 0 saturated carbocycles. The highest BCUT2D eigenvalue weighted by molar-refractivity contribution is 4.77. The van der Waals surface area contributed by atoms with Crippen LogP contribution in [0.15, 0.2) is 12.7 Å². The Balaban J connectivity index is 1.81. The lowest BCUT2D eigenvalue weighted by Gasteiger charge is -2.35. The van der Waals surface area contributed by atoms with Crippen LogP contribution in [0.4, 0.5) is 0 Å². The van der Waals surface area contributed by atoms with Crippen molar-refractivity contribution in [2.45, 2.75) is 38.3 Å². The van der Waals surface area contributed by atoms with E-state index in [0.717, 1.165) is 26.1 Å². The van der Waals surface area contributed by atoms with Gasteiger partial charge in [-0.2, -0.15) is 5.10 Å². The number of nitrogens with zero attached hydrogens (tertiary/aromatic N) is 4. The summed E-state index contributed by atoms with van der Waals surface area (Å²) in [6, 6.07) is 0.683. The Hall–Kier alpha value is -0.940. The van der Waals surface area contributed by atoms with E-state index in [2.05, 4.69) is 15.0 Å². The topological polar surface area (TPSA) is 60.0 Å². The highest BCUT2D eigenvalue weighted by Crippen LogP contribution is 2.18. The SMILES string of the molecule is NCCC1CCCCN1CCn1cncn1. The summed E-state index contributed by atoms with van der Waals surface area (Å²) >= 11 is 0. The number of aromatic nitrogens is 3. The summed E-state index contributed by atoms with van der Waals surface area (Å²) in [4.78, 5) is 6.51. The molecule has 5 nitrogen and oxygen atoms in total. The molecule has 1 aromatic rings.